The zero-order valence-corrected chi connectivity index (χ0v) is 25.4. The fraction of sp³-hybridized carbons (Fsp3) is 0.400. The van der Waals surface area contributed by atoms with Crippen LogP contribution in [-0.4, -0.2) is 76.9 Å². The number of aryl methyl sites for hydroxylation is 2. The molecular weight excluding hydrogens is 597 g/mol. The first kappa shape index (κ1) is 33.1. The fourth-order valence-electron chi connectivity index (χ4n) is 4.80. The zero-order valence-electron chi connectivity index (χ0n) is 25.4. The second-order valence-electron chi connectivity index (χ2n) is 11.0. The van der Waals surface area contributed by atoms with Gasteiger partial charge < -0.3 is 40.1 Å². The van der Waals surface area contributed by atoms with Crippen molar-refractivity contribution in [2.24, 2.45) is 5.92 Å². The number of fused-ring (bicyclic) bond motifs is 1. The van der Waals surface area contributed by atoms with Gasteiger partial charge in [0.1, 0.15) is 17.5 Å². The van der Waals surface area contributed by atoms with E-state index in [1.165, 1.54) is 21.9 Å². The number of nitrogens with one attached hydrogen (secondary N) is 3. The molecule has 0 fully saturated rings. The highest BCUT2D eigenvalue weighted by Gasteiger charge is 2.35. The molecule has 0 saturated heterocycles. The van der Waals surface area contributed by atoms with Crippen LogP contribution >= 0.6 is 0 Å². The van der Waals surface area contributed by atoms with Gasteiger partial charge in [0.15, 0.2) is 11.5 Å². The van der Waals surface area contributed by atoms with E-state index in [-0.39, 0.29) is 48.3 Å². The standard InChI is InChI=1S/C30H35F3N6O6/c1-16-13-39(17(2)15-40)27(41)22-7-6-8-23(35-28(42)34-21-11-9-20(10-12-21)30(31,32)33)26(22)44-24(16)14-38(5)29(43)36-25-18(3)37-45-19(25)4/h6-12,16-17,24,40H,13-15H2,1-5H3,(H,36,43)(H2,34,35,42)/t16-,17-,24+/m0/s1. The largest absolute Gasteiger partial charge is 0.485 e. The molecule has 0 radical (unpaired) electrons. The summed E-state index contributed by atoms with van der Waals surface area (Å²) in [6.07, 6.45) is -5.21. The first-order valence-electron chi connectivity index (χ1n) is 14.1. The molecule has 5 amide bonds. The van der Waals surface area contributed by atoms with Gasteiger partial charge in [-0.15, -0.1) is 0 Å². The highest BCUT2D eigenvalue weighted by Crippen LogP contribution is 2.35. The minimum absolute atomic E-state index is 0.0382. The molecule has 4 rings (SSSR count). The number of aliphatic hydroxyl groups is 1. The lowest BCUT2D eigenvalue weighted by molar-refractivity contribution is -0.137. The van der Waals surface area contributed by atoms with Gasteiger partial charge in [-0.2, -0.15) is 13.2 Å². The number of para-hydroxylation sites is 1. The van der Waals surface area contributed by atoms with E-state index < -0.39 is 41.9 Å². The summed E-state index contributed by atoms with van der Waals surface area (Å²) in [4.78, 5) is 42.6. The predicted octanol–water partition coefficient (Wildman–Crippen LogP) is 5.34. The summed E-state index contributed by atoms with van der Waals surface area (Å²) >= 11 is 0. The molecule has 0 aliphatic carbocycles. The Morgan fingerprint density at radius 2 is 1.82 bits per heavy atom. The number of alkyl halides is 3. The number of amides is 5. The average Bonchev–Trinajstić information content (AvgIpc) is 3.30. The van der Waals surface area contributed by atoms with Crippen LogP contribution < -0.4 is 20.7 Å². The van der Waals surface area contributed by atoms with Crippen molar-refractivity contribution in [3.63, 3.8) is 0 Å². The van der Waals surface area contributed by atoms with Crippen LogP contribution in [0.4, 0.5) is 39.8 Å². The van der Waals surface area contributed by atoms with Crippen molar-refractivity contribution in [3.05, 3.63) is 65.0 Å². The van der Waals surface area contributed by atoms with Crippen molar-refractivity contribution in [2.45, 2.75) is 46.0 Å². The number of urea groups is 2. The number of aliphatic hydroxyl groups excluding tert-OH is 1. The Labute approximate surface area is 257 Å². The van der Waals surface area contributed by atoms with Gasteiger partial charge >= 0.3 is 18.2 Å². The summed E-state index contributed by atoms with van der Waals surface area (Å²) in [5.41, 5.74) is 0.430. The molecule has 1 aromatic heterocycles. The quantitative estimate of drug-likeness (QED) is 0.275. The Balaban J connectivity index is 1.61. The maximum Gasteiger partial charge on any atom is 0.416 e. The van der Waals surface area contributed by atoms with Crippen LogP contribution in [0.15, 0.2) is 47.0 Å². The molecule has 242 valence electrons. The fourth-order valence-corrected chi connectivity index (χ4v) is 4.80. The summed E-state index contributed by atoms with van der Waals surface area (Å²) in [5.74, 6) is -0.305. The van der Waals surface area contributed by atoms with Crippen LogP contribution in [0.25, 0.3) is 0 Å². The minimum Gasteiger partial charge on any atom is -0.485 e. The van der Waals surface area contributed by atoms with Crippen LogP contribution in [0.3, 0.4) is 0 Å². The number of nitrogens with zero attached hydrogens (tertiary/aromatic N) is 3. The van der Waals surface area contributed by atoms with E-state index in [1.807, 2.05) is 6.92 Å². The molecule has 2 aromatic carbocycles. The second kappa shape index (κ2) is 13.5. The van der Waals surface area contributed by atoms with E-state index in [1.54, 1.807) is 33.9 Å². The third-order valence-electron chi connectivity index (χ3n) is 7.48. The van der Waals surface area contributed by atoms with E-state index in [9.17, 15) is 32.7 Å². The lowest BCUT2D eigenvalue weighted by Gasteiger charge is -2.38. The van der Waals surface area contributed by atoms with E-state index >= 15 is 0 Å². The third kappa shape index (κ3) is 7.66. The minimum atomic E-state index is -4.52. The molecule has 0 saturated carbocycles. The van der Waals surface area contributed by atoms with Crippen molar-refractivity contribution < 1.29 is 41.9 Å². The van der Waals surface area contributed by atoms with Gasteiger partial charge in [0.05, 0.1) is 36.0 Å². The van der Waals surface area contributed by atoms with Crippen molar-refractivity contribution in [1.29, 1.82) is 0 Å². The number of benzene rings is 2. The summed E-state index contributed by atoms with van der Waals surface area (Å²) < 4.78 is 50.3. The third-order valence-corrected chi connectivity index (χ3v) is 7.48. The number of aromatic nitrogens is 1. The number of hydrogen-bond donors (Lipinski definition) is 4. The molecular formula is C30H35F3N6O6. The van der Waals surface area contributed by atoms with E-state index in [2.05, 4.69) is 21.1 Å². The number of rotatable bonds is 7. The van der Waals surface area contributed by atoms with Crippen molar-refractivity contribution in [2.75, 3.05) is 42.7 Å². The highest BCUT2D eigenvalue weighted by molar-refractivity contribution is 6.04. The van der Waals surface area contributed by atoms with E-state index in [0.717, 1.165) is 24.3 Å². The van der Waals surface area contributed by atoms with Crippen LogP contribution in [0.2, 0.25) is 0 Å². The van der Waals surface area contributed by atoms with Gasteiger partial charge in [-0.3, -0.25) is 4.79 Å². The number of halogens is 3. The first-order chi connectivity index (χ1) is 21.2. The van der Waals surface area contributed by atoms with E-state index in [0.29, 0.717) is 17.1 Å². The Bertz CT molecular complexity index is 1520. The van der Waals surface area contributed by atoms with Crippen molar-refractivity contribution in [3.8, 4) is 5.75 Å². The summed E-state index contributed by atoms with van der Waals surface area (Å²) in [6.45, 7) is 6.87. The van der Waals surface area contributed by atoms with E-state index in [4.69, 9.17) is 9.26 Å². The SMILES string of the molecule is Cc1noc(C)c1NC(=O)N(C)C[C@H]1Oc2c(NC(=O)Nc3ccc(C(F)(F)F)cc3)cccc2C(=O)N([C@@H](C)CO)C[C@@H]1C. The Morgan fingerprint density at radius 1 is 1.13 bits per heavy atom. The number of carbonyl (C=O) groups is 3. The lowest BCUT2D eigenvalue weighted by atomic mass is 9.99. The molecule has 2 heterocycles. The highest BCUT2D eigenvalue weighted by atomic mass is 19.4. The smallest absolute Gasteiger partial charge is 0.416 e. The van der Waals surface area contributed by atoms with Crippen molar-refractivity contribution in [1.82, 2.24) is 15.0 Å². The maximum atomic E-state index is 13.7. The Kier molecular flexibility index (Phi) is 9.91. The van der Waals surface area contributed by atoms with Crippen molar-refractivity contribution >= 4 is 35.0 Å². The topological polar surface area (TPSA) is 149 Å². The normalized spacial score (nSPS) is 17.4. The molecule has 4 N–H and O–H groups in total. The molecule has 3 aromatic rings. The number of ether oxygens (including phenoxy) is 1. The van der Waals surface area contributed by atoms with Crippen LogP contribution in [-0.2, 0) is 6.18 Å². The van der Waals surface area contributed by atoms with Crippen LogP contribution in [0.5, 0.6) is 5.75 Å². The average molecular weight is 633 g/mol. The summed E-state index contributed by atoms with van der Waals surface area (Å²) in [6, 6.07) is 6.70. The predicted molar refractivity (Wildman–Crippen MR) is 159 cm³/mol. The molecule has 0 unspecified atom stereocenters. The second-order valence-corrected chi connectivity index (χ2v) is 11.0. The van der Waals surface area contributed by atoms with Crippen LogP contribution in [0.1, 0.15) is 41.2 Å². The van der Waals surface area contributed by atoms with Gasteiger partial charge in [-0.05, 0) is 57.2 Å². The monoisotopic (exact) mass is 632 g/mol. The summed E-state index contributed by atoms with van der Waals surface area (Å²) in [7, 11) is 1.57. The number of likely N-dealkylation sites (N-methyl/N-ethyl adjacent to an activating group) is 1. The molecule has 45 heavy (non-hydrogen) atoms. The van der Waals surface area contributed by atoms with Gasteiger partial charge in [-0.1, -0.05) is 18.1 Å². The summed E-state index contributed by atoms with van der Waals surface area (Å²) in [5, 5.41) is 21.6. The molecule has 1 aliphatic rings. The Hall–Kier alpha value is -4.79. The molecule has 0 spiro atoms. The lowest BCUT2D eigenvalue weighted by Crippen LogP contribution is -2.50. The molecule has 12 nitrogen and oxygen atoms in total. The van der Waals surface area contributed by atoms with Gasteiger partial charge in [-0.25, -0.2) is 9.59 Å². The first-order valence-corrected chi connectivity index (χ1v) is 14.1. The molecule has 15 heteroatoms. The van der Waals surface area contributed by atoms with Crippen LogP contribution in [0, 0.1) is 19.8 Å². The number of hydrogen-bond acceptors (Lipinski definition) is 7. The van der Waals surface area contributed by atoms with Gasteiger partial charge in [0, 0.05) is 25.2 Å². The Morgan fingerprint density at radius 3 is 2.42 bits per heavy atom. The van der Waals surface area contributed by atoms with Gasteiger partial charge in [0.25, 0.3) is 5.91 Å². The number of carbonyl (C=O) groups excluding carboxylic acids is 3. The maximum absolute atomic E-state index is 13.7. The molecule has 1 aliphatic heterocycles. The molecule has 0 bridgehead atoms. The molecule has 3 atom stereocenters. The van der Waals surface area contributed by atoms with Gasteiger partial charge in [0.2, 0.25) is 0 Å². The zero-order chi connectivity index (χ0) is 33.1. The number of anilines is 3.